The lowest BCUT2D eigenvalue weighted by Gasteiger charge is -2.15. The summed E-state index contributed by atoms with van der Waals surface area (Å²) < 4.78 is 22.8. The van der Waals surface area contributed by atoms with Crippen LogP contribution in [0.1, 0.15) is 5.56 Å². The predicted octanol–water partition coefficient (Wildman–Crippen LogP) is 4.43. The monoisotopic (exact) mass is 284 g/mol. The van der Waals surface area contributed by atoms with Gasteiger partial charge in [0.15, 0.2) is 0 Å². The van der Waals surface area contributed by atoms with Gasteiger partial charge in [-0.15, -0.1) is 13.2 Å². The molecule has 1 rings (SSSR count). The van der Waals surface area contributed by atoms with E-state index in [4.69, 9.17) is 9.05 Å². The lowest BCUT2D eigenvalue weighted by molar-refractivity contribution is 0.254. The van der Waals surface area contributed by atoms with Crippen LogP contribution in [0, 0.1) is 0 Å². The number of benzene rings is 1. The van der Waals surface area contributed by atoms with Gasteiger partial charge in [0.1, 0.15) is 0 Å². The van der Waals surface area contributed by atoms with Gasteiger partial charge in [-0.1, -0.05) is 42.5 Å². The van der Waals surface area contributed by atoms with Crippen LogP contribution < -0.4 is 0 Å². The third-order valence-corrected chi connectivity index (χ3v) is 5.61. The van der Waals surface area contributed by atoms with Gasteiger partial charge in [-0.05, 0) is 16.9 Å². The highest BCUT2D eigenvalue weighted by Crippen LogP contribution is 2.61. The minimum atomic E-state index is -3.14. The van der Waals surface area contributed by atoms with Crippen molar-refractivity contribution >= 4 is 18.2 Å². The second-order valence-corrected chi connectivity index (χ2v) is 7.45. The molecule has 0 saturated heterocycles. The van der Waals surface area contributed by atoms with Crippen molar-refractivity contribution in [2.45, 2.75) is 5.75 Å². The van der Waals surface area contributed by atoms with Crippen LogP contribution in [0.2, 0.25) is 0 Å². The summed E-state index contributed by atoms with van der Waals surface area (Å²) in [6.45, 7) is 4.33. The fourth-order valence-corrected chi connectivity index (χ4v) is 4.16. The van der Waals surface area contributed by atoms with E-state index in [9.17, 15) is 4.57 Å². The van der Waals surface area contributed by atoms with Gasteiger partial charge in [0, 0.05) is 5.75 Å². The first kappa shape index (κ1) is 15.3. The quantitative estimate of drug-likeness (QED) is 0.496. The second-order valence-electron chi connectivity index (χ2n) is 3.38. The molecule has 5 heteroatoms. The van der Waals surface area contributed by atoms with Crippen molar-refractivity contribution in [1.82, 2.24) is 0 Å². The molecule has 1 aromatic rings. The SMILES string of the molecule is C=CCOP(=O)(OCC=C)SCc1ccccc1. The van der Waals surface area contributed by atoms with Crippen molar-refractivity contribution in [2.75, 3.05) is 13.2 Å². The van der Waals surface area contributed by atoms with Crippen LogP contribution in [0.4, 0.5) is 0 Å². The zero-order valence-electron chi connectivity index (χ0n) is 10.2. The van der Waals surface area contributed by atoms with Gasteiger partial charge >= 0.3 is 6.80 Å². The summed E-state index contributed by atoms with van der Waals surface area (Å²) in [6.07, 6.45) is 3.10. The standard InChI is InChI=1S/C13H17O3PS/c1-3-10-15-17(14,16-11-4-2)18-12-13-8-6-5-7-9-13/h3-9H,1-2,10-12H2. The van der Waals surface area contributed by atoms with Crippen molar-refractivity contribution in [3.05, 3.63) is 61.2 Å². The first-order valence-corrected chi connectivity index (χ1v) is 8.63. The van der Waals surface area contributed by atoms with Crippen LogP contribution in [0.15, 0.2) is 55.6 Å². The van der Waals surface area contributed by atoms with Gasteiger partial charge in [0.2, 0.25) is 0 Å². The fourth-order valence-electron chi connectivity index (χ4n) is 1.13. The molecule has 0 N–H and O–H groups in total. The third-order valence-electron chi connectivity index (χ3n) is 1.93. The summed E-state index contributed by atoms with van der Waals surface area (Å²) in [5, 5.41) is 0. The molecule has 0 saturated carbocycles. The average Bonchev–Trinajstić information content (AvgIpc) is 2.42. The molecule has 0 fully saturated rings. The maximum absolute atomic E-state index is 12.3. The van der Waals surface area contributed by atoms with E-state index in [2.05, 4.69) is 13.2 Å². The van der Waals surface area contributed by atoms with Gasteiger partial charge in [-0.2, -0.15) is 0 Å². The van der Waals surface area contributed by atoms with Crippen molar-refractivity contribution in [3.63, 3.8) is 0 Å². The Bertz CT molecular complexity index is 404. The van der Waals surface area contributed by atoms with Crippen LogP contribution in [0.5, 0.6) is 0 Å². The normalized spacial score (nSPS) is 11.1. The Morgan fingerprint density at radius 2 is 1.67 bits per heavy atom. The molecule has 0 aliphatic carbocycles. The van der Waals surface area contributed by atoms with Crippen LogP contribution in [0.25, 0.3) is 0 Å². The molecule has 18 heavy (non-hydrogen) atoms. The Balaban J connectivity index is 2.57. The molecule has 0 radical (unpaired) electrons. The number of hydrogen-bond donors (Lipinski definition) is 0. The molecule has 0 aliphatic heterocycles. The van der Waals surface area contributed by atoms with E-state index in [1.807, 2.05) is 30.3 Å². The maximum atomic E-state index is 12.3. The molecule has 0 unspecified atom stereocenters. The van der Waals surface area contributed by atoms with Gasteiger partial charge in [-0.3, -0.25) is 9.05 Å². The molecular weight excluding hydrogens is 267 g/mol. The van der Waals surface area contributed by atoms with E-state index in [0.717, 1.165) is 5.56 Å². The van der Waals surface area contributed by atoms with Crippen molar-refractivity contribution in [2.24, 2.45) is 0 Å². The van der Waals surface area contributed by atoms with Gasteiger partial charge in [0.25, 0.3) is 0 Å². The van der Waals surface area contributed by atoms with Gasteiger partial charge in [0.05, 0.1) is 13.2 Å². The molecule has 1 aromatic carbocycles. The molecule has 0 spiro atoms. The van der Waals surface area contributed by atoms with E-state index in [0.29, 0.717) is 5.75 Å². The van der Waals surface area contributed by atoms with Crippen LogP contribution in [-0.2, 0) is 19.4 Å². The smallest absolute Gasteiger partial charge is 0.297 e. The van der Waals surface area contributed by atoms with Crippen LogP contribution in [-0.4, -0.2) is 13.2 Å². The average molecular weight is 284 g/mol. The molecular formula is C13H17O3PS. The molecule has 98 valence electrons. The Morgan fingerprint density at radius 1 is 1.11 bits per heavy atom. The molecule has 0 atom stereocenters. The molecule has 0 heterocycles. The Hall–Kier alpha value is -0.800. The minimum Gasteiger partial charge on any atom is -0.297 e. The van der Waals surface area contributed by atoms with E-state index in [1.54, 1.807) is 12.2 Å². The molecule has 0 amide bonds. The first-order chi connectivity index (χ1) is 8.70. The van der Waals surface area contributed by atoms with Gasteiger partial charge < -0.3 is 0 Å². The van der Waals surface area contributed by atoms with E-state index < -0.39 is 6.80 Å². The molecule has 0 aromatic heterocycles. The highest BCUT2D eigenvalue weighted by atomic mass is 32.7. The molecule has 3 nitrogen and oxygen atoms in total. The van der Waals surface area contributed by atoms with E-state index >= 15 is 0 Å². The molecule has 0 aliphatic rings. The number of rotatable bonds is 9. The maximum Gasteiger partial charge on any atom is 0.390 e. The lowest BCUT2D eigenvalue weighted by Crippen LogP contribution is -1.94. The minimum absolute atomic E-state index is 0.205. The number of hydrogen-bond acceptors (Lipinski definition) is 4. The fraction of sp³-hybridized carbons (Fsp3) is 0.231. The second kappa shape index (κ2) is 8.33. The highest BCUT2D eigenvalue weighted by Gasteiger charge is 2.24. The lowest BCUT2D eigenvalue weighted by atomic mass is 10.2. The van der Waals surface area contributed by atoms with Crippen molar-refractivity contribution < 1.29 is 13.6 Å². The topological polar surface area (TPSA) is 35.5 Å². The molecule has 0 bridgehead atoms. The van der Waals surface area contributed by atoms with Gasteiger partial charge in [-0.25, -0.2) is 4.57 Å². The predicted molar refractivity (Wildman–Crippen MR) is 77.6 cm³/mol. The first-order valence-electron chi connectivity index (χ1n) is 5.49. The summed E-state index contributed by atoms with van der Waals surface area (Å²) in [7, 11) is 0. The van der Waals surface area contributed by atoms with E-state index in [-0.39, 0.29) is 13.2 Å². The summed E-state index contributed by atoms with van der Waals surface area (Å²) >= 11 is 1.17. The van der Waals surface area contributed by atoms with E-state index in [1.165, 1.54) is 11.4 Å². The Kier molecular flexibility index (Phi) is 7.06. The largest absolute Gasteiger partial charge is 0.390 e. The van der Waals surface area contributed by atoms with Crippen molar-refractivity contribution in [3.8, 4) is 0 Å². The zero-order chi connectivity index (χ0) is 13.3. The third kappa shape index (κ3) is 5.69. The Labute approximate surface area is 112 Å². The summed E-state index contributed by atoms with van der Waals surface area (Å²) in [4.78, 5) is 0. The summed E-state index contributed by atoms with van der Waals surface area (Å²) in [5.41, 5.74) is 1.08. The van der Waals surface area contributed by atoms with Crippen LogP contribution in [0.3, 0.4) is 0 Å². The zero-order valence-corrected chi connectivity index (χ0v) is 11.9. The van der Waals surface area contributed by atoms with Crippen LogP contribution >= 0.6 is 18.2 Å². The highest BCUT2D eigenvalue weighted by molar-refractivity contribution is 8.54. The summed E-state index contributed by atoms with van der Waals surface area (Å²) in [5.74, 6) is 0.576. The Morgan fingerprint density at radius 3 is 2.17 bits per heavy atom. The van der Waals surface area contributed by atoms with Crippen molar-refractivity contribution in [1.29, 1.82) is 0 Å². The summed E-state index contributed by atoms with van der Waals surface area (Å²) in [6, 6.07) is 9.76.